The molecule has 0 spiro atoms. The number of carboxylic acid groups (broad SMARTS) is 1. The van der Waals surface area contributed by atoms with Crippen LogP contribution in [0.2, 0.25) is 0 Å². The highest BCUT2D eigenvalue weighted by atomic mass is 32.1. The van der Waals surface area contributed by atoms with Gasteiger partial charge in [-0.1, -0.05) is 18.2 Å². The van der Waals surface area contributed by atoms with Gasteiger partial charge in [0.05, 0.1) is 13.2 Å². The predicted molar refractivity (Wildman–Crippen MR) is 90.3 cm³/mol. The van der Waals surface area contributed by atoms with Gasteiger partial charge in [0.1, 0.15) is 10.5 Å². The van der Waals surface area contributed by atoms with Crippen LogP contribution in [0.15, 0.2) is 24.3 Å². The number of hydrogen-bond donors (Lipinski definition) is 1. The highest BCUT2D eigenvalue weighted by Crippen LogP contribution is 2.33. The SMILES string of the molecule is COCC1(C)CN(Cc2c(C(=O)O)sc3ccccc23)CCO1. The molecule has 5 nitrogen and oxygen atoms in total. The molecule has 0 radical (unpaired) electrons. The predicted octanol–water partition coefficient (Wildman–Crippen LogP) is 2.84. The van der Waals surface area contributed by atoms with Crippen molar-refractivity contribution in [1.82, 2.24) is 4.90 Å². The van der Waals surface area contributed by atoms with Crippen molar-refractivity contribution in [3.63, 3.8) is 0 Å². The van der Waals surface area contributed by atoms with Crippen LogP contribution in [0.1, 0.15) is 22.2 Å². The van der Waals surface area contributed by atoms with Crippen molar-refractivity contribution in [3.05, 3.63) is 34.7 Å². The molecule has 0 amide bonds. The molecule has 1 aliphatic heterocycles. The summed E-state index contributed by atoms with van der Waals surface area (Å²) < 4.78 is 12.1. The maximum absolute atomic E-state index is 11.6. The van der Waals surface area contributed by atoms with E-state index in [0.29, 0.717) is 24.6 Å². The lowest BCUT2D eigenvalue weighted by Crippen LogP contribution is -2.52. The molecule has 1 saturated heterocycles. The zero-order valence-electron chi connectivity index (χ0n) is 13.4. The van der Waals surface area contributed by atoms with E-state index in [1.807, 2.05) is 31.2 Å². The van der Waals surface area contributed by atoms with E-state index in [0.717, 1.165) is 28.7 Å². The van der Waals surface area contributed by atoms with Crippen LogP contribution in [0.4, 0.5) is 0 Å². The minimum atomic E-state index is -0.853. The van der Waals surface area contributed by atoms with Crippen LogP contribution in [0, 0.1) is 0 Å². The zero-order valence-corrected chi connectivity index (χ0v) is 14.2. The molecule has 2 heterocycles. The normalized spacial score (nSPS) is 22.5. The number of carboxylic acids is 1. The van der Waals surface area contributed by atoms with Gasteiger partial charge in [-0.15, -0.1) is 11.3 Å². The molecule has 1 aliphatic rings. The summed E-state index contributed by atoms with van der Waals surface area (Å²) in [5.41, 5.74) is 0.558. The molecular weight excluding hydrogens is 314 g/mol. The fraction of sp³-hybridized carbons (Fsp3) is 0.471. The molecule has 6 heteroatoms. The maximum Gasteiger partial charge on any atom is 0.346 e. The largest absolute Gasteiger partial charge is 0.477 e. The first-order valence-corrected chi connectivity index (χ1v) is 8.43. The molecule has 1 aromatic heterocycles. The van der Waals surface area contributed by atoms with Crippen LogP contribution in [-0.4, -0.2) is 55.0 Å². The van der Waals surface area contributed by atoms with Gasteiger partial charge in [0.25, 0.3) is 0 Å². The number of thiophene rings is 1. The van der Waals surface area contributed by atoms with Gasteiger partial charge in [-0.25, -0.2) is 4.79 Å². The van der Waals surface area contributed by atoms with Gasteiger partial charge >= 0.3 is 5.97 Å². The minimum absolute atomic E-state index is 0.345. The van der Waals surface area contributed by atoms with E-state index >= 15 is 0 Å². The number of hydrogen-bond acceptors (Lipinski definition) is 5. The lowest BCUT2D eigenvalue weighted by molar-refractivity contribution is -0.129. The lowest BCUT2D eigenvalue weighted by Gasteiger charge is -2.40. The number of ether oxygens (including phenoxy) is 2. The van der Waals surface area contributed by atoms with Crippen LogP contribution in [0.5, 0.6) is 0 Å². The van der Waals surface area contributed by atoms with E-state index in [4.69, 9.17) is 9.47 Å². The summed E-state index contributed by atoms with van der Waals surface area (Å²) in [6.45, 7) is 5.33. The third kappa shape index (κ3) is 3.40. The van der Waals surface area contributed by atoms with Crippen molar-refractivity contribution in [2.24, 2.45) is 0 Å². The van der Waals surface area contributed by atoms with Gasteiger partial charge in [-0.05, 0) is 23.9 Å². The molecule has 2 aromatic rings. The highest BCUT2D eigenvalue weighted by Gasteiger charge is 2.33. The van der Waals surface area contributed by atoms with Gasteiger partial charge in [-0.2, -0.15) is 0 Å². The summed E-state index contributed by atoms with van der Waals surface area (Å²) in [5, 5.41) is 10.6. The van der Waals surface area contributed by atoms with Gasteiger partial charge in [0, 0.05) is 31.4 Å². The molecule has 0 aliphatic carbocycles. The Morgan fingerprint density at radius 1 is 1.48 bits per heavy atom. The minimum Gasteiger partial charge on any atom is -0.477 e. The van der Waals surface area contributed by atoms with E-state index in [9.17, 15) is 9.90 Å². The Labute approximate surface area is 139 Å². The summed E-state index contributed by atoms with van der Waals surface area (Å²) in [7, 11) is 1.67. The molecular formula is C17H21NO4S. The van der Waals surface area contributed by atoms with Gasteiger partial charge < -0.3 is 14.6 Å². The second-order valence-corrected chi connectivity index (χ2v) is 7.21. The van der Waals surface area contributed by atoms with Crippen molar-refractivity contribution < 1.29 is 19.4 Å². The molecule has 1 atom stereocenters. The standard InChI is InChI=1S/C17H21NO4S/c1-17(11-21-2)10-18(7-8-22-17)9-13-12-5-3-4-6-14(12)23-15(13)16(19)20/h3-6H,7-11H2,1-2H3,(H,19,20). The summed E-state index contributed by atoms with van der Waals surface area (Å²) >= 11 is 1.35. The highest BCUT2D eigenvalue weighted by molar-refractivity contribution is 7.21. The number of carbonyl (C=O) groups is 1. The fourth-order valence-corrected chi connectivity index (χ4v) is 4.25. The average molecular weight is 335 g/mol. The van der Waals surface area contributed by atoms with E-state index in [1.54, 1.807) is 7.11 Å². The summed E-state index contributed by atoms with van der Waals surface area (Å²) in [5.74, 6) is -0.853. The molecule has 1 aromatic carbocycles. The topological polar surface area (TPSA) is 59.0 Å². The monoisotopic (exact) mass is 335 g/mol. The first-order chi connectivity index (χ1) is 11.0. The van der Waals surface area contributed by atoms with Crippen LogP contribution >= 0.6 is 11.3 Å². The molecule has 0 saturated carbocycles. The van der Waals surface area contributed by atoms with E-state index < -0.39 is 5.97 Å². The maximum atomic E-state index is 11.6. The van der Waals surface area contributed by atoms with E-state index in [1.165, 1.54) is 11.3 Å². The van der Waals surface area contributed by atoms with Crippen molar-refractivity contribution >= 4 is 27.4 Å². The second kappa shape index (κ2) is 6.57. The first-order valence-electron chi connectivity index (χ1n) is 7.61. The zero-order chi connectivity index (χ0) is 16.4. The Morgan fingerprint density at radius 3 is 3.00 bits per heavy atom. The second-order valence-electron chi connectivity index (χ2n) is 6.15. The van der Waals surface area contributed by atoms with Crippen molar-refractivity contribution in [2.75, 3.05) is 33.4 Å². The Balaban J connectivity index is 1.89. The molecule has 1 unspecified atom stereocenters. The van der Waals surface area contributed by atoms with Crippen LogP contribution in [0.3, 0.4) is 0 Å². The molecule has 1 N–H and O–H groups in total. The van der Waals surface area contributed by atoms with Crippen LogP contribution in [-0.2, 0) is 16.0 Å². The number of nitrogens with zero attached hydrogens (tertiary/aromatic N) is 1. The number of methoxy groups -OCH3 is 1. The average Bonchev–Trinajstić information content (AvgIpc) is 2.86. The van der Waals surface area contributed by atoms with E-state index in [2.05, 4.69) is 4.90 Å². The van der Waals surface area contributed by atoms with Crippen LogP contribution < -0.4 is 0 Å². The lowest BCUT2D eigenvalue weighted by atomic mass is 10.0. The fourth-order valence-electron chi connectivity index (χ4n) is 3.20. The quantitative estimate of drug-likeness (QED) is 0.910. The Hall–Kier alpha value is -1.47. The number of benzene rings is 1. The smallest absolute Gasteiger partial charge is 0.346 e. The summed E-state index contributed by atoms with van der Waals surface area (Å²) in [6.07, 6.45) is 0. The Bertz CT molecular complexity index is 710. The summed E-state index contributed by atoms with van der Waals surface area (Å²) in [6, 6.07) is 7.88. The third-order valence-electron chi connectivity index (χ3n) is 4.14. The summed E-state index contributed by atoms with van der Waals surface area (Å²) in [4.78, 5) is 14.3. The number of morpholine rings is 1. The molecule has 23 heavy (non-hydrogen) atoms. The van der Waals surface area contributed by atoms with Gasteiger partial charge in [0.2, 0.25) is 0 Å². The Kier molecular flexibility index (Phi) is 4.68. The van der Waals surface area contributed by atoms with Gasteiger partial charge in [0.15, 0.2) is 0 Å². The third-order valence-corrected chi connectivity index (χ3v) is 5.34. The molecule has 124 valence electrons. The molecule has 1 fully saturated rings. The Morgan fingerprint density at radius 2 is 2.26 bits per heavy atom. The number of fused-ring (bicyclic) bond motifs is 1. The van der Waals surface area contributed by atoms with E-state index in [-0.39, 0.29) is 5.60 Å². The van der Waals surface area contributed by atoms with Crippen LogP contribution in [0.25, 0.3) is 10.1 Å². The number of aromatic carboxylic acids is 1. The molecule has 0 bridgehead atoms. The first kappa shape index (κ1) is 16.4. The van der Waals surface area contributed by atoms with Crippen molar-refractivity contribution in [3.8, 4) is 0 Å². The number of rotatable bonds is 5. The van der Waals surface area contributed by atoms with Crippen molar-refractivity contribution in [1.29, 1.82) is 0 Å². The van der Waals surface area contributed by atoms with Gasteiger partial charge in [-0.3, -0.25) is 4.90 Å². The van der Waals surface area contributed by atoms with Crippen molar-refractivity contribution in [2.45, 2.75) is 19.1 Å². The molecule has 3 rings (SSSR count).